The van der Waals surface area contributed by atoms with E-state index in [1.165, 1.54) is 11.3 Å². The summed E-state index contributed by atoms with van der Waals surface area (Å²) in [7, 11) is 0. The van der Waals surface area contributed by atoms with Crippen molar-refractivity contribution in [3.63, 3.8) is 0 Å². The van der Waals surface area contributed by atoms with Gasteiger partial charge in [-0.3, -0.25) is 14.5 Å². The van der Waals surface area contributed by atoms with Crippen molar-refractivity contribution in [3.8, 4) is 5.69 Å². The second-order valence-corrected chi connectivity index (χ2v) is 7.80. The van der Waals surface area contributed by atoms with Gasteiger partial charge in [-0.2, -0.15) is 0 Å². The monoisotopic (exact) mass is 372 g/mol. The average molecular weight is 372 g/mol. The second kappa shape index (κ2) is 7.63. The van der Waals surface area contributed by atoms with Crippen molar-refractivity contribution in [3.05, 3.63) is 40.8 Å². The molecule has 0 aromatic carbocycles. The normalized spacial score (nSPS) is 18.5. The lowest BCUT2D eigenvalue weighted by molar-refractivity contribution is -0.131. The Kier molecular flexibility index (Phi) is 5.08. The summed E-state index contributed by atoms with van der Waals surface area (Å²) in [5, 5.41) is 1.97. The number of amides is 2. The topological polar surface area (TPSA) is 48.8 Å². The molecule has 0 N–H and O–H groups in total. The van der Waals surface area contributed by atoms with Gasteiger partial charge in [-0.05, 0) is 36.4 Å². The Morgan fingerprint density at radius 2 is 1.62 bits per heavy atom. The molecule has 0 radical (unpaired) electrons. The number of aromatic nitrogens is 1. The van der Waals surface area contributed by atoms with Crippen LogP contribution in [0.25, 0.3) is 5.69 Å². The molecule has 2 saturated heterocycles. The van der Waals surface area contributed by atoms with Gasteiger partial charge in [-0.15, -0.1) is 11.3 Å². The number of hydrogen-bond acceptors (Lipinski definition) is 4. The Morgan fingerprint density at radius 1 is 0.923 bits per heavy atom. The zero-order chi connectivity index (χ0) is 17.9. The highest BCUT2D eigenvalue weighted by Crippen LogP contribution is 2.23. The maximum atomic E-state index is 12.9. The Bertz CT molecular complexity index is 756. The van der Waals surface area contributed by atoms with E-state index >= 15 is 0 Å². The average Bonchev–Trinajstić information content (AvgIpc) is 3.43. The number of nitrogens with zero attached hydrogens (tertiary/aromatic N) is 4. The van der Waals surface area contributed by atoms with Crippen molar-refractivity contribution in [1.82, 2.24) is 19.3 Å². The van der Waals surface area contributed by atoms with E-state index < -0.39 is 0 Å². The first-order chi connectivity index (χ1) is 12.7. The summed E-state index contributed by atoms with van der Waals surface area (Å²) in [5.41, 5.74) is 0.941. The van der Waals surface area contributed by atoms with Crippen LogP contribution < -0.4 is 0 Å². The molecule has 4 rings (SSSR count). The lowest BCUT2D eigenvalue weighted by Gasteiger charge is -2.35. The van der Waals surface area contributed by atoms with Gasteiger partial charge in [0.05, 0.1) is 12.2 Å². The molecule has 2 amide bonds. The number of carbonyl (C=O) groups excluding carboxylic acids is 2. The SMILES string of the molecule is O=C(CN1CCN(C(=O)c2sccc2-n2cccc2)CC1)N1CCCC1. The molecule has 4 heterocycles. The van der Waals surface area contributed by atoms with E-state index in [-0.39, 0.29) is 11.8 Å². The molecule has 6 nitrogen and oxygen atoms in total. The van der Waals surface area contributed by atoms with Gasteiger partial charge >= 0.3 is 0 Å². The highest BCUT2D eigenvalue weighted by Gasteiger charge is 2.27. The predicted molar refractivity (Wildman–Crippen MR) is 102 cm³/mol. The Hall–Kier alpha value is -2.12. The Balaban J connectivity index is 1.34. The van der Waals surface area contributed by atoms with Crippen LogP contribution in [-0.4, -0.2) is 76.9 Å². The standard InChI is InChI=1S/C19H24N4O2S/c24-17(22-8-3-4-9-22)15-20-10-12-23(13-11-20)19(25)18-16(5-14-26-18)21-6-1-2-7-21/h1-2,5-7,14H,3-4,8-13,15H2. The van der Waals surface area contributed by atoms with Gasteiger partial charge in [-0.25, -0.2) is 0 Å². The van der Waals surface area contributed by atoms with Crippen LogP contribution in [0.3, 0.4) is 0 Å². The molecule has 7 heteroatoms. The molecule has 0 saturated carbocycles. The van der Waals surface area contributed by atoms with E-state index in [2.05, 4.69) is 4.90 Å². The highest BCUT2D eigenvalue weighted by atomic mass is 32.1. The molecule has 2 aliphatic heterocycles. The van der Waals surface area contributed by atoms with Gasteiger partial charge < -0.3 is 14.4 Å². The van der Waals surface area contributed by atoms with Crippen LogP contribution in [0, 0.1) is 0 Å². The van der Waals surface area contributed by atoms with Crippen molar-refractivity contribution >= 4 is 23.2 Å². The van der Waals surface area contributed by atoms with Crippen LogP contribution in [-0.2, 0) is 4.79 Å². The first-order valence-electron chi connectivity index (χ1n) is 9.22. The van der Waals surface area contributed by atoms with Crippen LogP contribution in [0.5, 0.6) is 0 Å². The van der Waals surface area contributed by atoms with Gasteiger partial charge in [0.1, 0.15) is 4.88 Å². The minimum Gasteiger partial charge on any atom is -0.342 e. The third-order valence-corrected chi connectivity index (χ3v) is 6.09. The van der Waals surface area contributed by atoms with Gasteiger partial charge in [-0.1, -0.05) is 0 Å². The molecular formula is C19H24N4O2S. The van der Waals surface area contributed by atoms with E-state index in [1.807, 2.05) is 50.3 Å². The number of thiophene rings is 1. The molecule has 0 spiro atoms. The number of carbonyl (C=O) groups is 2. The van der Waals surface area contributed by atoms with Gasteiger partial charge in [0.15, 0.2) is 0 Å². The molecule has 0 atom stereocenters. The van der Waals surface area contributed by atoms with Crippen molar-refractivity contribution < 1.29 is 9.59 Å². The zero-order valence-corrected chi connectivity index (χ0v) is 15.7. The summed E-state index contributed by atoms with van der Waals surface area (Å²) in [6.45, 7) is 5.15. The summed E-state index contributed by atoms with van der Waals surface area (Å²) >= 11 is 1.49. The van der Waals surface area contributed by atoms with Gasteiger partial charge in [0.25, 0.3) is 5.91 Å². The fraction of sp³-hybridized carbons (Fsp3) is 0.474. The van der Waals surface area contributed by atoms with Crippen LogP contribution in [0.1, 0.15) is 22.5 Å². The maximum absolute atomic E-state index is 12.9. The minimum absolute atomic E-state index is 0.0919. The van der Waals surface area contributed by atoms with Crippen LogP contribution >= 0.6 is 11.3 Å². The van der Waals surface area contributed by atoms with E-state index in [0.29, 0.717) is 19.6 Å². The molecule has 0 unspecified atom stereocenters. The van der Waals surface area contributed by atoms with E-state index in [0.717, 1.165) is 49.6 Å². The smallest absolute Gasteiger partial charge is 0.266 e. The van der Waals surface area contributed by atoms with E-state index in [9.17, 15) is 9.59 Å². The van der Waals surface area contributed by atoms with Crippen molar-refractivity contribution in [2.45, 2.75) is 12.8 Å². The third kappa shape index (κ3) is 3.54. The summed E-state index contributed by atoms with van der Waals surface area (Å²) in [4.78, 5) is 32.1. The molecule has 0 bridgehead atoms. The van der Waals surface area contributed by atoms with Crippen LogP contribution in [0.4, 0.5) is 0 Å². The molecule has 2 aliphatic rings. The lowest BCUT2D eigenvalue weighted by Crippen LogP contribution is -2.51. The molecule has 138 valence electrons. The Labute approximate surface area is 157 Å². The first-order valence-corrected chi connectivity index (χ1v) is 10.1. The van der Waals surface area contributed by atoms with Crippen molar-refractivity contribution in [1.29, 1.82) is 0 Å². The first kappa shape index (κ1) is 17.3. The zero-order valence-electron chi connectivity index (χ0n) is 14.8. The summed E-state index contributed by atoms with van der Waals surface area (Å²) in [5.74, 6) is 0.324. The van der Waals surface area contributed by atoms with Crippen molar-refractivity contribution in [2.75, 3.05) is 45.8 Å². The largest absolute Gasteiger partial charge is 0.342 e. The summed E-state index contributed by atoms with van der Waals surface area (Å²) in [6, 6.07) is 5.91. The van der Waals surface area contributed by atoms with E-state index in [4.69, 9.17) is 0 Å². The number of hydrogen-bond donors (Lipinski definition) is 0. The number of rotatable bonds is 4. The molecular weight excluding hydrogens is 348 g/mol. The van der Waals surface area contributed by atoms with Crippen LogP contribution in [0.15, 0.2) is 36.0 Å². The van der Waals surface area contributed by atoms with Gasteiger partial charge in [0, 0.05) is 51.7 Å². The van der Waals surface area contributed by atoms with E-state index in [1.54, 1.807) is 0 Å². The highest BCUT2D eigenvalue weighted by molar-refractivity contribution is 7.12. The van der Waals surface area contributed by atoms with Crippen LogP contribution in [0.2, 0.25) is 0 Å². The fourth-order valence-electron chi connectivity index (χ4n) is 3.67. The lowest BCUT2D eigenvalue weighted by atomic mass is 10.2. The quantitative estimate of drug-likeness (QED) is 0.824. The second-order valence-electron chi connectivity index (χ2n) is 6.88. The molecule has 2 aromatic heterocycles. The predicted octanol–water partition coefficient (Wildman–Crippen LogP) is 1.92. The summed E-state index contributed by atoms with van der Waals surface area (Å²) < 4.78 is 1.98. The Morgan fingerprint density at radius 3 is 2.31 bits per heavy atom. The number of piperazine rings is 1. The molecule has 0 aliphatic carbocycles. The molecule has 2 aromatic rings. The molecule has 2 fully saturated rings. The molecule has 26 heavy (non-hydrogen) atoms. The van der Waals surface area contributed by atoms with Gasteiger partial charge in [0.2, 0.25) is 5.91 Å². The van der Waals surface area contributed by atoms with Crippen molar-refractivity contribution in [2.24, 2.45) is 0 Å². The third-order valence-electron chi connectivity index (χ3n) is 5.20. The number of likely N-dealkylation sites (tertiary alicyclic amines) is 1. The minimum atomic E-state index is 0.0919. The summed E-state index contributed by atoms with van der Waals surface area (Å²) in [6.07, 6.45) is 6.17. The maximum Gasteiger partial charge on any atom is 0.266 e. The fourth-order valence-corrected chi connectivity index (χ4v) is 4.53.